The van der Waals surface area contributed by atoms with Crippen LogP contribution in [0.5, 0.6) is 5.75 Å². The monoisotopic (exact) mass is 434 g/mol. The molecule has 2 aliphatic heterocycles. The third-order valence-corrected chi connectivity index (χ3v) is 6.58. The van der Waals surface area contributed by atoms with Crippen molar-refractivity contribution in [3.8, 4) is 5.75 Å². The van der Waals surface area contributed by atoms with Crippen LogP contribution < -0.4 is 4.74 Å². The van der Waals surface area contributed by atoms with E-state index in [0.717, 1.165) is 6.42 Å². The molecule has 2 aromatic rings. The van der Waals surface area contributed by atoms with Crippen LogP contribution >= 0.6 is 11.6 Å². The Morgan fingerprint density at radius 3 is 2.86 bits per heavy atom. The number of sulfonamides is 1. The molecule has 1 fully saturated rings. The van der Waals surface area contributed by atoms with Crippen LogP contribution in [-0.2, 0) is 26.2 Å². The molecule has 9 heteroatoms. The van der Waals surface area contributed by atoms with Crippen LogP contribution in [0, 0.1) is 0 Å². The summed E-state index contributed by atoms with van der Waals surface area (Å²) in [5, 5.41) is 0.515. The van der Waals surface area contributed by atoms with Gasteiger partial charge in [0.25, 0.3) is 10.0 Å². The molecule has 0 radical (unpaired) electrons. The third-order valence-electron chi connectivity index (χ3n) is 5.02. The Bertz CT molecular complexity index is 1100. The summed E-state index contributed by atoms with van der Waals surface area (Å²) in [7, 11) is -2.22. The van der Waals surface area contributed by atoms with Gasteiger partial charge in [-0.25, -0.2) is 4.79 Å². The minimum Gasteiger partial charge on any atom is -0.496 e. The fourth-order valence-corrected chi connectivity index (χ4v) is 5.08. The molecular formula is C20H19ClN2O5S. The first-order valence-electron chi connectivity index (χ1n) is 9.11. The van der Waals surface area contributed by atoms with Crippen LogP contribution in [-0.4, -0.2) is 44.8 Å². The second-order valence-electron chi connectivity index (χ2n) is 6.80. The van der Waals surface area contributed by atoms with Crippen molar-refractivity contribution < 1.29 is 22.7 Å². The number of hydrogen-bond donors (Lipinski definition) is 0. The number of carbonyl (C=O) groups is 1. The van der Waals surface area contributed by atoms with E-state index >= 15 is 0 Å². The van der Waals surface area contributed by atoms with E-state index in [9.17, 15) is 13.2 Å². The second-order valence-corrected chi connectivity index (χ2v) is 8.81. The van der Waals surface area contributed by atoms with Crippen LogP contribution in [0.1, 0.15) is 24.0 Å². The van der Waals surface area contributed by atoms with Gasteiger partial charge in [-0.3, -0.25) is 0 Å². The first-order chi connectivity index (χ1) is 13.9. The number of halogens is 1. The van der Waals surface area contributed by atoms with Crippen molar-refractivity contribution in [2.75, 3.05) is 13.7 Å². The molecule has 0 spiro atoms. The summed E-state index contributed by atoms with van der Waals surface area (Å²) in [6, 6.07) is 11.1. The molecule has 0 N–H and O–H groups in total. The molecule has 152 valence electrons. The number of fused-ring (bicyclic) bond motifs is 1. The molecule has 1 unspecified atom stereocenters. The summed E-state index contributed by atoms with van der Waals surface area (Å²) in [6.07, 6.45) is 1.30. The molecule has 2 aromatic carbocycles. The Kier molecular flexibility index (Phi) is 5.23. The predicted molar refractivity (Wildman–Crippen MR) is 108 cm³/mol. The van der Waals surface area contributed by atoms with E-state index in [0.29, 0.717) is 40.7 Å². The highest BCUT2D eigenvalue weighted by Crippen LogP contribution is 2.31. The maximum atomic E-state index is 12.8. The zero-order valence-corrected chi connectivity index (χ0v) is 17.2. The summed E-state index contributed by atoms with van der Waals surface area (Å²) in [5.41, 5.74) is 1.17. The van der Waals surface area contributed by atoms with Gasteiger partial charge >= 0.3 is 5.97 Å². The molecule has 4 rings (SSSR count). The number of methoxy groups -OCH3 is 1. The van der Waals surface area contributed by atoms with Gasteiger partial charge in [0.1, 0.15) is 23.3 Å². The number of ether oxygens (including phenoxy) is 2. The van der Waals surface area contributed by atoms with Gasteiger partial charge in [0, 0.05) is 22.7 Å². The lowest BCUT2D eigenvalue weighted by Gasteiger charge is -2.25. The van der Waals surface area contributed by atoms with E-state index in [-0.39, 0.29) is 11.5 Å². The standard InChI is InChI=1S/C20H19ClN2O5S/c1-27-17-9-8-14(21)11-13(17)12-28-20(24)16-6-4-10-23(16)19-15-5-2-3-7-18(15)29(25,26)22-19/h2-3,5,7-9,11,16H,4,6,10,12H2,1H3. The smallest absolute Gasteiger partial charge is 0.329 e. The maximum Gasteiger partial charge on any atom is 0.329 e. The molecule has 0 aliphatic carbocycles. The van der Waals surface area contributed by atoms with E-state index in [1.165, 1.54) is 13.2 Å². The highest BCUT2D eigenvalue weighted by Gasteiger charge is 2.39. The number of amidine groups is 1. The Morgan fingerprint density at radius 1 is 1.28 bits per heavy atom. The summed E-state index contributed by atoms with van der Waals surface area (Å²) in [5.74, 6) is 0.445. The SMILES string of the molecule is COc1ccc(Cl)cc1COC(=O)C1CCCN1C1=NS(=O)(=O)c2ccccc21. The minimum absolute atomic E-state index is 0.00820. The molecule has 0 saturated carbocycles. The van der Waals surface area contributed by atoms with Crippen molar-refractivity contribution in [2.45, 2.75) is 30.4 Å². The first kappa shape index (κ1) is 19.7. The number of rotatable bonds is 4. The average Bonchev–Trinajstić information content (AvgIpc) is 3.29. The van der Waals surface area contributed by atoms with Gasteiger partial charge in [0.15, 0.2) is 5.84 Å². The highest BCUT2D eigenvalue weighted by atomic mass is 35.5. The van der Waals surface area contributed by atoms with Gasteiger partial charge in [0.05, 0.1) is 7.11 Å². The number of hydrogen-bond acceptors (Lipinski definition) is 6. The van der Waals surface area contributed by atoms with Crippen molar-refractivity contribution in [1.29, 1.82) is 0 Å². The molecule has 2 aliphatic rings. The molecular weight excluding hydrogens is 416 g/mol. The number of carbonyl (C=O) groups excluding carboxylic acids is 1. The van der Waals surface area contributed by atoms with Gasteiger partial charge in [-0.15, -0.1) is 4.40 Å². The molecule has 1 atom stereocenters. The normalized spacial score (nSPS) is 19.6. The largest absolute Gasteiger partial charge is 0.496 e. The molecule has 29 heavy (non-hydrogen) atoms. The zero-order chi connectivity index (χ0) is 20.6. The van der Waals surface area contributed by atoms with Crippen LogP contribution in [0.15, 0.2) is 51.8 Å². The lowest BCUT2D eigenvalue weighted by molar-refractivity contribution is -0.149. The molecule has 0 amide bonds. The van der Waals surface area contributed by atoms with E-state index in [1.54, 1.807) is 41.3 Å². The van der Waals surface area contributed by atoms with Crippen LogP contribution in [0.4, 0.5) is 0 Å². The quantitative estimate of drug-likeness (QED) is 0.687. The predicted octanol–water partition coefficient (Wildman–Crippen LogP) is 3.01. The van der Waals surface area contributed by atoms with Gasteiger partial charge in [-0.2, -0.15) is 8.42 Å². The topological polar surface area (TPSA) is 85.3 Å². The van der Waals surface area contributed by atoms with Gasteiger partial charge in [-0.1, -0.05) is 23.7 Å². The fraction of sp³-hybridized carbons (Fsp3) is 0.300. The lowest BCUT2D eigenvalue weighted by Crippen LogP contribution is -2.41. The first-order valence-corrected chi connectivity index (χ1v) is 10.9. The van der Waals surface area contributed by atoms with Gasteiger partial charge in [-0.05, 0) is 43.2 Å². The van der Waals surface area contributed by atoms with E-state index in [1.807, 2.05) is 0 Å². The summed E-state index contributed by atoms with van der Waals surface area (Å²) in [6.45, 7) is 0.539. The minimum atomic E-state index is -3.75. The molecule has 0 bridgehead atoms. The molecule has 1 saturated heterocycles. The zero-order valence-electron chi connectivity index (χ0n) is 15.7. The lowest BCUT2D eigenvalue weighted by atomic mass is 10.1. The van der Waals surface area contributed by atoms with Crippen molar-refractivity contribution in [2.24, 2.45) is 4.40 Å². The highest BCUT2D eigenvalue weighted by molar-refractivity contribution is 7.90. The molecule has 2 heterocycles. The molecule has 7 nitrogen and oxygen atoms in total. The van der Waals surface area contributed by atoms with Gasteiger partial charge in [0.2, 0.25) is 0 Å². The Labute approximate surface area is 174 Å². The number of esters is 1. The summed E-state index contributed by atoms with van der Waals surface area (Å²) >= 11 is 6.02. The van der Waals surface area contributed by atoms with Crippen molar-refractivity contribution in [3.63, 3.8) is 0 Å². The molecule has 0 aromatic heterocycles. The summed E-state index contributed by atoms with van der Waals surface area (Å²) in [4.78, 5) is 14.7. The third kappa shape index (κ3) is 3.70. The Hall–Kier alpha value is -2.58. The van der Waals surface area contributed by atoms with Crippen molar-refractivity contribution in [3.05, 3.63) is 58.6 Å². The van der Waals surface area contributed by atoms with Crippen molar-refractivity contribution >= 4 is 33.4 Å². The van der Waals surface area contributed by atoms with E-state index in [4.69, 9.17) is 21.1 Å². The second kappa shape index (κ2) is 7.68. The summed E-state index contributed by atoms with van der Waals surface area (Å²) < 4.78 is 39.4. The number of likely N-dealkylation sites (tertiary alicyclic amines) is 1. The van der Waals surface area contributed by atoms with E-state index in [2.05, 4.69) is 4.40 Å². The van der Waals surface area contributed by atoms with Crippen LogP contribution in [0.2, 0.25) is 5.02 Å². The maximum absolute atomic E-state index is 12.8. The Morgan fingerprint density at radius 2 is 2.07 bits per heavy atom. The number of nitrogens with zero attached hydrogens (tertiary/aromatic N) is 2. The number of benzene rings is 2. The fourth-order valence-electron chi connectivity index (χ4n) is 3.67. The Balaban J connectivity index is 1.54. The van der Waals surface area contributed by atoms with E-state index < -0.39 is 22.0 Å². The van der Waals surface area contributed by atoms with Crippen LogP contribution in [0.25, 0.3) is 0 Å². The average molecular weight is 435 g/mol. The van der Waals surface area contributed by atoms with Gasteiger partial charge < -0.3 is 14.4 Å². The van der Waals surface area contributed by atoms with Crippen molar-refractivity contribution in [1.82, 2.24) is 4.90 Å². The van der Waals surface area contributed by atoms with Crippen LogP contribution in [0.3, 0.4) is 0 Å².